The Labute approximate surface area is 97.4 Å². The summed E-state index contributed by atoms with van der Waals surface area (Å²) in [4.78, 5) is 0. The van der Waals surface area contributed by atoms with Gasteiger partial charge in [0, 0.05) is 17.7 Å². The molecule has 0 aliphatic heterocycles. The Balaban J connectivity index is 3.21. The zero-order valence-corrected chi connectivity index (χ0v) is 10.6. The monoisotopic (exact) mass is 275 g/mol. The summed E-state index contributed by atoms with van der Waals surface area (Å²) in [5.74, 6) is -0.588. The average Bonchev–Trinajstić information content (AvgIpc) is 2.08. The number of rotatable bonds is 1. The SMILES string of the molecule is CC(C)(C)C(N)c1cc(Br)c(O)cc1F. The van der Waals surface area contributed by atoms with Crippen LogP contribution in [-0.4, -0.2) is 5.11 Å². The lowest BCUT2D eigenvalue weighted by molar-refractivity contribution is 0.318. The largest absolute Gasteiger partial charge is 0.507 e. The minimum atomic E-state index is -0.474. The van der Waals surface area contributed by atoms with Gasteiger partial charge in [-0.2, -0.15) is 0 Å². The van der Waals surface area contributed by atoms with E-state index in [9.17, 15) is 9.50 Å². The predicted molar refractivity (Wildman–Crippen MR) is 62.1 cm³/mol. The summed E-state index contributed by atoms with van der Waals surface area (Å²) in [6, 6.07) is 2.19. The summed E-state index contributed by atoms with van der Waals surface area (Å²) in [7, 11) is 0. The molecule has 0 spiro atoms. The van der Waals surface area contributed by atoms with Crippen molar-refractivity contribution in [2.75, 3.05) is 0 Å². The van der Waals surface area contributed by atoms with Gasteiger partial charge in [-0.25, -0.2) is 4.39 Å². The van der Waals surface area contributed by atoms with Crippen molar-refractivity contribution >= 4 is 15.9 Å². The molecule has 4 heteroatoms. The summed E-state index contributed by atoms with van der Waals surface area (Å²) in [6.07, 6.45) is 0. The van der Waals surface area contributed by atoms with Crippen molar-refractivity contribution in [2.45, 2.75) is 26.8 Å². The normalized spacial score (nSPS) is 14.0. The second-order valence-corrected chi connectivity index (χ2v) is 5.52. The second kappa shape index (κ2) is 4.10. The zero-order valence-electron chi connectivity index (χ0n) is 9.01. The molecule has 0 radical (unpaired) electrons. The fourth-order valence-corrected chi connectivity index (χ4v) is 1.62. The number of nitrogens with two attached hydrogens (primary N) is 1. The Bertz CT molecular complexity index is 374. The number of hydrogen-bond donors (Lipinski definition) is 2. The molecule has 0 bridgehead atoms. The lowest BCUT2D eigenvalue weighted by Crippen LogP contribution is -2.27. The predicted octanol–water partition coefficient (Wildman–Crippen LogP) is 3.34. The average molecular weight is 276 g/mol. The summed E-state index contributed by atoms with van der Waals surface area (Å²) in [6.45, 7) is 5.83. The molecule has 0 saturated carbocycles. The topological polar surface area (TPSA) is 46.2 Å². The molecule has 1 rings (SSSR count). The van der Waals surface area contributed by atoms with Crippen LogP contribution in [0, 0.1) is 11.2 Å². The van der Waals surface area contributed by atoms with Crippen LogP contribution >= 0.6 is 15.9 Å². The number of phenols is 1. The van der Waals surface area contributed by atoms with Gasteiger partial charge in [-0.3, -0.25) is 0 Å². The third-order valence-electron chi connectivity index (χ3n) is 2.33. The van der Waals surface area contributed by atoms with E-state index in [0.29, 0.717) is 10.0 Å². The molecule has 1 atom stereocenters. The van der Waals surface area contributed by atoms with E-state index in [0.717, 1.165) is 6.07 Å². The number of benzene rings is 1. The summed E-state index contributed by atoms with van der Waals surface area (Å²) < 4.78 is 14.0. The van der Waals surface area contributed by atoms with Crippen molar-refractivity contribution in [3.8, 4) is 5.75 Å². The van der Waals surface area contributed by atoms with E-state index in [4.69, 9.17) is 5.73 Å². The molecule has 3 N–H and O–H groups in total. The highest BCUT2D eigenvalue weighted by Crippen LogP contribution is 2.35. The van der Waals surface area contributed by atoms with Gasteiger partial charge in [-0.05, 0) is 27.4 Å². The maximum atomic E-state index is 13.6. The summed E-state index contributed by atoms with van der Waals surface area (Å²) >= 11 is 3.14. The Kier molecular flexibility index (Phi) is 3.41. The smallest absolute Gasteiger partial charge is 0.132 e. The van der Waals surface area contributed by atoms with E-state index in [2.05, 4.69) is 15.9 Å². The van der Waals surface area contributed by atoms with E-state index in [1.165, 1.54) is 6.07 Å². The highest BCUT2D eigenvalue weighted by atomic mass is 79.9. The maximum absolute atomic E-state index is 13.6. The molecule has 1 unspecified atom stereocenters. The van der Waals surface area contributed by atoms with Crippen molar-refractivity contribution in [1.29, 1.82) is 0 Å². The highest BCUT2D eigenvalue weighted by molar-refractivity contribution is 9.10. The molecule has 1 aromatic rings. The van der Waals surface area contributed by atoms with Crippen molar-refractivity contribution < 1.29 is 9.50 Å². The lowest BCUT2D eigenvalue weighted by Gasteiger charge is -2.27. The first-order valence-corrected chi connectivity index (χ1v) is 5.46. The van der Waals surface area contributed by atoms with Crippen LogP contribution in [0.2, 0.25) is 0 Å². The van der Waals surface area contributed by atoms with Gasteiger partial charge in [0.2, 0.25) is 0 Å². The van der Waals surface area contributed by atoms with Gasteiger partial charge < -0.3 is 10.8 Å². The fourth-order valence-electron chi connectivity index (χ4n) is 1.26. The van der Waals surface area contributed by atoms with Gasteiger partial charge in [0.15, 0.2) is 0 Å². The third kappa shape index (κ3) is 2.69. The molecule has 0 aliphatic rings. The number of phenolic OH excluding ortho intramolecular Hbond substituents is 1. The minimum Gasteiger partial charge on any atom is -0.507 e. The first-order valence-electron chi connectivity index (χ1n) is 4.67. The van der Waals surface area contributed by atoms with Crippen LogP contribution in [-0.2, 0) is 0 Å². The van der Waals surface area contributed by atoms with E-state index < -0.39 is 11.9 Å². The molecular weight excluding hydrogens is 261 g/mol. The molecule has 0 aliphatic carbocycles. The first kappa shape index (κ1) is 12.5. The Morgan fingerprint density at radius 3 is 2.40 bits per heavy atom. The van der Waals surface area contributed by atoms with E-state index >= 15 is 0 Å². The van der Waals surface area contributed by atoms with Crippen molar-refractivity contribution in [2.24, 2.45) is 11.1 Å². The van der Waals surface area contributed by atoms with Gasteiger partial charge in [-0.15, -0.1) is 0 Å². The first-order chi connectivity index (χ1) is 6.73. The molecule has 15 heavy (non-hydrogen) atoms. The molecule has 0 fully saturated rings. The Morgan fingerprint density at radius 1 is 1.40 bits per heavy atom. The number of hydrogen-bond acceptors (Lipinski definition) is 2. The van der Waals surface area contributed by atoms with Gasteiger partial charge in [0.05, 0.1) is 4.47 Å². The maximum Gasteiger partial charge on any atom is 0.132 e. The van der Waals surface area contributed by atoms with E-state index in [-0.39, 0.29) is 11.2 Å². The van der Waals surface area contributed by atoms with Gasteiger partial charge in [0.25, 0.3) is 0 Å². The highest BCUT2D eigenvalue weighted by Gasteiger charge is 2.25. The van der Waals surface area contributed by atoms with Gasteiger partial charge in [-0.1, -0.05) is 20.8 Å². The van der Waals surface area contributed by atoms with Crippen LogP contribution in [0.3, 0.4) is 0 Å². The van der Waals surface area contributed by atoms with Crippen LogP contribution < -0.4 is 5.73 Å². The molecule has 0 aromatic heterocycles. The van der Waals surface area contributed by atoms with Gasteiger partial charge >= 0.3 is 0 Å². The zero-order chi connectivity index (χ0) is 11.8. The summed E-state index contributed by atoms with van der Waals surface area (Å²) in [5, 5.41) is 9.28. The minimum absolute atomic E-state index is 0.114. The van der Waals surface area contributed by atoms with Crippen LogP contribution in [0.4, 0.5) is 4.39 Å². The van der Waals surface area contributed by atoms with Crippen molar-refractivity contribution in [3.05, 3.63) is 28.0 Å². The molecule has 84 valence electrons. The van der Waals surface area contributed by atoms with Crippen LogP contribution in [0.15, 0.2) is 16.6 Å². The number of halogens is 2. The van der Waals surface area contributed by atoms with E-state index in [1.807, 2.05) is 20.8 Å². The quantitative estimate of drug-likeness (QED) is 0.826. The molecule has 0 saturated heterocycles. The van der Waals surface area contributed by atoms with E-state index in [1.54, 1.807) is 0 Å². The second-order valence-electron chi connectivity index (χ2n) is 4.67. The van der Waals surface area contributed by atoms with Crippen LogP contribution in [0.1, 0.15) is 32.4 Å². The standard InChI is InChI=1S/C11H15BrFNO/c1-11(2,3)10(14)6-4-7(12)9(15)5-8(6)13/h4-5,10,15H,14H2,1-3H3. The van der Waals surface area contributed by atoms with Crippen LogP contribution in [0.5, 0.6) is 5.75 Å². The van der Waals surface area contributed by atoms with Gasteiger partial charge in [0.1, 0.15) is 11.6 Å². The molecule has 0 amide bonds. The third-order valence-corrected chi connectivity index (χ3v) is 2.97. The molecule has 2 nitrogen and oxygen atoms in total. The Hall–Kier alpha value is -0.610. The molecule has 0 heterocycles. The lowest BCUT2D eigenvalue weighted by atomic mass is 9.83. The van der Waals surface area contributed by atoms with Crippen molar-refractivity contribution in [1.82, 2.24) is 0 Å². The van der Waals surface area contributed by atoms with Crippen LogP contribution in [0.25, 0.3) is 0 Å². The summed E-state index contributed by atoms with van der Waals surface area (Å²) in [5.41, 5.74) is 6.13. The molecular formula is C11H15BrFNO. The molecule has 1 aromatic carbocycles. The number of aromatic hydroxyl groups is 1. The Morgan fingerprint density at radius 2 is 1.93 bits per heavy atom. The fraction of sp³-hybridized carbons (Fsp3) is 0.455. The van der Waals surface area contributed by atoms with Crippen molar-refractivity contribution in [3.63, 3.8) is 0 Å².